The number of rotatable bonds is 7. The van der Waals surface area contributed by atoms with E-state index in [0.29, 0.717) is 11.8 Å². The number of anilines is 1. The van der Waals surface area contributed by atoms with Crippen molar-refractivity contribution < 1.29 is 9.53 Å². The van der Waals surface area contributed by atoms with E-state index in [1.165, 1.54) is 5.56 Å². The van der Waals surface area contributed by atoms with Gasteiger partial charge in [-0.25, -0.2) is 0 Å². The Labute approximate surface area is 238 Å². The standard InChI is InChI=1S/C31H43N5O2S/c1-4-23(2)28-29(37)36(26-14-18-34(19-15-26)22-24-8-6-5-7-9-24)31(33-28)16-20-35(21-17-31)30(39)32-25-10-12-27(38-3)13-11-25/h5-13,23,26,28,33H,4,14-22H2,1-3H3,(H,32,39)/t23-,28-/m1/s1. The van der Waals surface area contributed by atoms with Crippen LogP contribution in [0, 0.1) is 5.92 Å². The number of ether oxygens (including phenoxy) is 1. The summed E-state index contributed by atoms with van der Waals surface area (Å²) in [5, 5.41) is 8.00. The molecule has 210 valence electrons. The van der Waals surface area contributed by atoms with Gasteiger partial charge in [-0.05, 0) is 60.8 Å². The molecule has 0 aliphatic carbocycles. The van der Waals surface area contributed by atoms with Crippen LogP contribution >= 0.6 is 12.2 Å². The lowest BCUT2D eigenvalue weighted by atomic mass is 9.92. The number of hydrogen-bond acceptors (Lipinski definition) is 5. The highest BCUT2D eigenvalue weighted by Gasteiger charge is 2.55. The molecule has 2 aromatic rings. The molecule has 3 fully saturated rings. The van der Waals surface area contributed by atoms with Gasteiger partial charge in [0, 0.05) is 57.3 Å². The van der Waals surface area contributed by atoms with E-state index in [-0.39, 0.29) is 17.7 Å². The predicted molar refractivity (Wildman–Crippen MR) is 161 cm³/mol. The van der Waals surface area contributed by atoms with Gasteiger partial charge in [-0.1, -0.05) is 50.6 Å². The first kappa shape index (κ1) is 27.9. The molecular weight excluding hydrogens is 506 g/mol. The van der Waals surface area contributed by atoms with E-state index >= 15 is 0 Å². The summed E-state index contributed by atoms with van der Waals surface area (Å²) in [6.07, 6.45) is 4.79. The monoisotopic (exact) mass is 549 g/mol. The number of piperidine rings is 2. The van der Waals surface area contributed by atoms with Crippen molar-refractivity contribution in [2.45, 2.75) is 70.2 Å². The zero-order valence-electron chi connectivity index (χ0n) is 23.6. The Kier molecular flexibility index (Phi) is 8.74. The maximum Gasteiger partial charge on any atom is 0.241 e. The first-order valence-electron chi connectivity index (χ1n) is 14.5. The molecule has 5 rings (SSSR count). The van der Waals surface area contributed by atoms with Crippen LogP contribution in [0.4, 0.5) is 5.69 Å². The van der Waals surface area contributed by atoms with Gasteiger partial charge in [0.25, 0.3) is 0 Å². The summed E-state index contributed by atoms with van der Waals surface area (Å²) in [6.45, 7) is 9.05. The number of thiocarbonyl (C=S) groups is 1. The van der Waals surface area contributed by atoms with Crippen LogP contribution in [-0.2, 0) is 11.3 Å². The highest BCUT2D eigenvalue weighted by atomic mass is 32.1. The van der Waals surface area contributed by atoms with Crippen LogP contribution in [0.1, 0.15) is 51.5 Å². The lowest BCUT2D eigenvalue weighted by molar-refractivity contribution is -0.138. The molecular formula is C31H43N5O2S. The minimum atomic E-state index is -0.288. The van der Waals surface area contributed by atoms with Crippen LogP contribution in [0.2, 0.25) is 0 Å². The summed E-state index contributed by atoms with van der Waals surface area (Å²) in [7, 11) is 1.67. The van der Waals surface area contributed by atoms with Crippen LogP contribution in [0.3, 0.4) is 0 Å². The molecule has 3 aliphatic heterocycles. The number of hydrogen-bond donors (Lipinski definition) is 2. The van der Waals surface area contributed by atoms with Crippen molar-refractivity contribution in [3.8, 4) is 5.75 Å². The fourth-order valence-corrected chi connectivity index (χ4v) is 6.75. The normalized spacial score (nSPS) is 22.7. The summed E-state index contributed by atoms with van der Waals surface area (Å²) in [5.41, 5.74) is 2.02. The summed E-state index contributed by atoms with van der Waals surface area (Å²) < 4.78 is 5.27. The van der Waals surface area contributed by atoms with E-state index in [9.17, 15) is 4.79 Å². The van der Waals surface area contributed by atoms with E-state index in [2.05, 4.69) is 69.5 Å². The van der Waals surface area contributed by atoms with E-state index in [1.807, 2.05) is 24.3 Å². The van der Waals surface area contributed by atoms with E-state index in [1.54, 1.807) is 7.11 Å². The molecule has 0 saturated carbocycles. The molecule has 2 atom stereocenters. The van der Waals surface area contributed by atoms with Gasteiger partial charge in [0.05, 0.1) is 18.8 Å². The quantitative estimate of drug-likeness (QED) is 0.486. The Hall–Kier alpha value is -2.68. The molecule has 1 spiro atoms. The molecule has 2 N–H and O–H groups in total. The zero-order chi connectivity index (χ0) is 27.4. The number of methoxy groups -OCH3 is 1. The van der Waals surface area contributed by atoms with Gasteiger partial charge in [0.15, 0.2) is 5.11 Å². The number of benzene rings is 2. The topological polar surface area (TPSA) is 60.1 Å². The highest BCUT2D eigenvalue weighted by molar-refractivity contribution is 7.80. The van der Waals surface area contributed by atoms with Gasteiger partial charge in [0.2, 0.25) is 5.91 Å². The lowest BCUT2D eigenvalue weighted by Gasteiger charge is -2.49. The summed E-state index contributed by atoms with van der Waals surface area (Å²) in [4.78, 5) is 21.0. The molecule has 3 heterocycles. The summed E-state index contributed by atoms with van der Waals surface area (Å²) in [5.74, 6) is 1.44. The Morgan fingerprint density at radius 2 is 1.74 bits per heavy atom. The number of likely N-dealkylation sites (tertiary alicyclic amines) is 2. The first-order valence-corrected chi connectivity index (χ1v) is 14.9. The van der Waals surface area contributed by atoms with E-state index in [4.69, 9.17) is 17.0 Å². The zero-order valence-corrected chi connectivity index (χ0v) is 24.4. The van der Waals surface area contributed by atoms with Crippen LogP contribution in [-0.4, -0.2) is 76.8 Å². The molecule has 7 nitrogen and oxygen atoms in total. The van der Waals surface area contributed by atoms with Crippen LogP contribution in [0.5, 0.6) is 5.75 Å². The van der Waals surface area contributed by atoms with Gasteiger partial charge < -0.3 is 19.9 Å². The van der Waals surface area contributed by atoms with Crippen molar-refractivity contribution in [1.82, 2.24) is 20.0 Å². The summed E-state index contributed by atoms with van der Waals surface area (Å²) in [6, 6.07) is 18.7. The van der Waals surface area contributed by atoms with Crippen molar-refractivity contribution in [1.29, 1.82) is 0 Å². The molecule has 1 amide bonds. The maximum atomic E-state index is 13.9. The number of carbonyl (C=O) groups is 1. The molecule has 8 heteroatoms. The van der Waals surface area contributed by atoms with Crippen molar-refractivity contribution in [2.75, 3.05) is 38.6 Å². The van der Waals surface area contributed by atoms with Gasteiger partial charge in [-0.15, -0.1) is 0 Å². The SMILES string of the molecule is CC[C@@H](C)[C@H]1NC2(CCN(C(=S)Nc3ccc(OC)cc3)CC2)N(C2CCN(Cc3ccccc3)CC2)C1=O. The fourth-order valence-electron chi connectivity index (χ4n) is 6.45. The molecule has 0 radical (unpaired) electrons. The highest BCUT2D eigenvalue weighted by Crippen LogP contribution is 2.39. The minimum Gasteiger partial charge on any atom is -0.497 e. The molecule has 0 unspecified atom stereocenters. The molecule has 39 heavy (non-hydrogen) atoms. The van der Waals surface area contributed by atoms with Crippen molar-refractivity contribution in [3.63, 3.8) is 0 Å². The molecule has 3 saturated heterocycles. The van der Waals surface area contributed by atoms with E-state index in [0.717, 1.165) is 81.4 Å². The summed E-state index contributed by atoms with van der Waals surface area (Å²) >= 11 is 5.79. The van der Waals surface area contributed by atoms with Crippen molar-refractivity contribution in [3.05, 3.63) is 60.2 Å². The molecule has 3 aliphatic rings. The van der Waals surface area contributed by atoms with Crippen molar-refractivity contribution >= 4 is 28.9 Å². The molecule has 0 aromatic heterocycles. The minimum absolute atomic E-state index is 0.103. The Morgan fingerprint density at radius 3 is 2.36 bits per heavy atom. The predicted octanol–water partition coefficient (Wildman–Crippen LogP) is 4.70. The van der Waals surface area contributed by atoms with Crippen LogP contribution in [0.15, 0.2) is 54.6 Å². The van der Waals surface area contributed by atoms with Crippen LogP contribution in [0.25, 0.3) is 0 Å². The number of nitrogens with one attached hydrogen (secondary N) is 2. The maximum absolute atomic E-state index is 13.9. The molecule has 0 bridgehead atoms. The fraction of sp³-hybridized carbons (Fsp3) is 0.548. The van der Waals surface area contributed by atoms with Gasteiger partial charge in [-0.2, -0.15) is 0 Å². The Bertz CT molecular complexity index is 1110. The third-order valence-corrected chi connectivity index (χ3v) is 9.35. The Morgan fingerprint density at radius 1 is 1.08 bits per heavy atom. The van der Waals surface area contributed by atoms with Gasteiger partial charge >= 0.3 is 0 Å². The average molecular weight is 550 g/mol. The largest absolute Gasteiger partial charge is 0.497 e. The molecule has 2 aromatic carbocycles. The van der Waals surface area contributed by atoms with Crippen LogP contribution < -0.4 is 15.4 Å². The van der Waals surface area contributed by atoms with E-state index < -0.39 is 0 Å². The van der Waals surface area contributed by atoms with Gasteiger partial charge in [0.1, 0.15) is 5.75 Å². The number of nitrogens with zero attached hydrogens (tertiary/aromatic N) is 3. The third-order valence-electron chi connectivity index (χ3n) is 8.99. The van der Waals surface area contributed by atoms with Crippen molar-refractivity contribution in [2.24, 2.45) is 5.92 Å². The lowest BCUT2D eigenvalue weighted by Crippen LogP contribution is -2.63. The second-order valence-electron chi connectivity index (χ2n) is 11.4. The second kappa shape index (κ2) is 12.2. The Balaban J connectivity index is 1.24. The smallest absolute Gasteiger partial charge is 0.241 e. The number of amides is 1. The third kappa shape index (κ3) is 6.08. The van der Waals surface area contributed by atoms with Gasteiger partial charge in [-0.3, -0.25) is 15.0 Å². The first-order chi connectivity index (χ1) is 18.9. The average Bonchev–Trinajstić information content (AvgIpc) is 3.25. The number of carbonyl (C=O) groups excluding carboxylic acids is 1. The second-order valence-corrected chi connectivity index (χ2v) is 11.8.